The molecule has 22 nitrogen and oxygen atoms in total. The van der Waals surface area contributed by atoms with Crippen LogP contribution in [0.4, 0.5) is 71.3 Å². The van der Waals surface area contributed by atoms with Crippen molar-refractivity contribution in [3.63, 3.8) is 0 Å². The topological polar surface area (TPSA) is 284 Å². The van der Waals surface area contributed by atoms with Gasteiger partial charge in [-0.3, -0.25) is 26.1 Å². The van der Waals surface area contributed by atoms with Crippen molar-refractivity contribution in [3.05, 3.63) is 125 Å². The number of benzene rings is 5. The third-order valence-electron chi connectivity index (χ3n) is 8.21. The Morgan fingerprint density at radius 3 is 1.48 bits per heavy atom. The Morgan fingerprint density at radius 2 is 1.03 bits per heavy atom. The third-order valence-corrected chi connectivity index (χ3v) is 8.21. The molecule has 0 aromatic heterocycles. The minimum Gasteiger partial charge on any atom is -0.487 e. The summed E-state index contributed by atoms with van der Waals surface area (Å²) in [6.07, 6.45) is 1.88. The molecule has 22 heteroatoms. The van der Waals surface area contributed by atoms with Crippen LogP contribution in [0.2, 0.25) is 0 Å². The maximum absolute atomic E-state index is 12.6. The number of non-ortho nitro benzene ring substituents is 1. The first-order valence-corrected chi connectivity index (χ1v) is 18.7. The number of amides is 3. The predicted octanol–water partition coefficient (Wildman–Crippen LogP) is 8.84. The summed E-state index contributed by atoms with van der Waals surface area (Å²) in [5.74, 6) is -0.0124. The van der Waals surface area contributed by atoms with E-state index < -0.39 is 23.2 Å². The molecule has 0 aliphatic carbocycles. The van der Waals surface area contributed by atoms with E-state index in [1.807, 2.05) is 0 Å². The van der Waals surface area contributed by atoms with E-state index in [2.05, 4.69) is 41.2 Å². The van der Waals surface area contributed by atoms with Gasteiger partial charge >= 0.3 is 18.3 Å². The lowest BCUT2D eigenvalue weighted by Gasteiger charge is -2.24. The van der Waals surface area contributed by atoms with Crippen LogP contribution in [0.1, 0.15) is 0 Å². The van der Waals surface area contributed by atoms with Gasteiger partial charge in [0.2, 0.25) is 18.2 Å². The van der Waals surface area contributed by atoms with Gasteiger partial charge in [-0.15, -0.1) is 5.11 Å². The second-order valence-corrected chi connectivity index (χ2v) is 12.5. The number of isocyanates is 3. The highest BCUT2D eigenvalue weighted by Crippen LogP contribution is 2.33. The van der Waals surface area contributed by atoms with Crippen molar-refractivity contribution in [1.82, 2.24) is 0 Å². The summed E-state index contributed by atoms with van der Waals surface area (Å²) >= 11 is 0. The Morgan fingerprint density at radius 1 is 0.562 bits per heavy atom. The van der Waals surface area contributed by atoms with E-state index in [1.165, 1.54) is 54.6 Å². The van der Waals surface area contributed by atoms with Crippen LogP contribution in [0.3, 0.4) is 0 Å². The van der Waals surface area contributed by atoms with E-state index in [0.717, 1.165) is 6.07 Å². The Labute approximate surface area is 362 Å². The van der Waals surface area contributed by atoms with Crippen LogP contribution in [-0.2, 0) is 28.6 Å². The van der Waals surface area contributed by atoms with Crippen LogP contribution in [-0.4, -0.2) is 81.0 Å². The van der Waals surface area contributed by atoms with Crippen LogP contribution >= 0.6 is 0 Å². The molecule has 0 aliphatic heterocycles. The van der Waals surface area contributed by atoms with Crippen molar-refractivity contribution >= 4 is 93.4 Å². The molecule has 0 unspecified atom stereocenters. The minimum absolute atomic E-state index is 0.0124. The zero-order valence-electron chi connectivity index (χ0n) is 33.2. The summed E-state index contributed by atoms with van der Waals surface area (Å²) < 4.78 is 21.6. The van der Waals surface area contributed by atoms with Crippen LogP contribution in [0, 0.1) is 10.1 Å². The fraction of sp³-hybridized carbons (Fsp3) is 0.143. The molecule has 3 amide bonds. The Kier molecular flexibility index (Phi) is 17.2. The van der Waals surface area contributed by atoms with E-state index in [-0.39, 0.29) is 73.7 Å². The Bertz CT molecular complexity index is 2560. The Balaban J connectivity index is 1.21. The van der Waals surface area contributed by atoms with Gasteiger partial charge < -0.3 is 23.8 Å². The largest absolute Gasteiger partial charge is 0.487 e. The van der Waals surface area contributed by atoms with Gasteiger partial charge in [0, 0.05) is 28.8 Å². The van der Waals surface area contributed by atoms with E-state index >= 15 is 0 Å². The second kappa shape index (κ2) is 24.0. The molecule has 0 bridgehead atoms. The summed E-state index contributed by atoms with van der Waals surface area (Å²) in [5, 5.41) is 27.5. The summed E-state index contributed by atoms with van der Waals surface area (Å²) in [5.41, 5.74) is 2.65. The monoisotopic (exact) mass is 870 g/mol. The third kappa shape index (κ3) is 15.0. The number of hydrogen-bond acceptors (Lipinski definition) is 18. The number of nitro benzene ring substituents is 1. The van der Waals surface area contributed by atoms with E-state index in [9.17, 15) is 38.9 Å². The highest BCUT2D eigenvalue weighted by atomic mass is 16.6. The number of carbonyl (C=O) groups is 3. The highest BCUT2D eigenvalue weighted by Gasteiger charge is 2.15. The molecular weight excluding hydrogens is 837 g/mol. The molecule has 0 saturated heterocycles. The van der Waals surface area contributed by atoms with E-state index in [0.29, 0.717) is 28.4 Å². The van der Waals surface area contributed by atoms with Crippen molar-refractivity contribution in [2.75, 3.05) is 60.4 Å². The zero-order chi connectivity index (χ0) is 45.5. The summed E-state index contributed by atoms with van der Waals surface area (Å²) in [6.45, 7) is -0.405. The quantitative estimate of drug-likeness (QED) is 0.0125. The van der Waals surface area contributed by atoms with Gasteiger partial charge in [0.05, 0.1) is 46.8 Å². The number of rotatable bonds is 20. The molecule has 64 heavy (non-hydrogen) atoms. The molecule has 5 rings (SSSR count). The fourth-order valence-corrected chi connectivity index (χ4v) is 5.39. The standard InChI is InChI=1S/C42H34N10O12/c53-26-43-30-4-1-7-33(22-30)46-40(56)62-18-16-51(17-19-63-41(57)47-34-8-2-5-31(23-34)44-27-54)36-12-10-29(11-13-36)49-50-38-15-14-37(52(59)60)25-39(38)61-20-21-64-42(58)48-35-9-3-6-32(24-35)45-28-55/h1-15,22-25H,16-21H2,(H,46,56)(H,47,57)(H,48,58). The SMILES string of the molecule is O=C=Nc1cccc(NC(=O)OCCOc2cc([N+](=O)[O-])ccc2N=Nc2ccc(N(CCOC(=O)Nc3cccc(N=C=O)c3)CCOC(=O)Nc3cccc(N=C=O)c3)cc2)c1. The molecule has 0 fully saturated rings. The Hall–Kier alpha value is -9.35. The molecule has 5 aromatic rings. The fourth-order valence-electron chi connectivity index (χ4n) is 5.39. The first-order valence-electron chi connectivity index (χ1n) is 18.7. The minimum atomic E-state index is -0.830. The molecule has 0 spiro atoms. The van der Waals surface area contributed by atoms with Gasteiger partial charge in [0.25, 0.3) is 5.69 Å². The number of nitrogens with zero attached hydrogens (tertiary/aromatic N) is 7. The average Bonchev–Trinajstić information content (AvgIpc) is 3.27. The van der Waals surface area contributed by atoms with Gasteiger partial charge in [-0.2, -0.15) is 20.1 Å². The normalized spacial score (nSPS) is 10.2. The summed E-state index contributed by atoms with van der Waals surface area (Å²) in [6, 6.07) is 28.8. The van der Waals surface area contributed by atoms with E-state index in [4.69, 9.17) is 18.9 Å². The van der Waals surface area contributed by atoms with Crippen molar-refractivity contribution in [2.24, 2.45) is 25.2 Å². The molecule has 0 heterocycles. The number of hydrogen-bond donors (Lipinski definition) is 3. The molecular formula is C42H34N10O12. The summed E-state index contributed by atoms with van der Waals surface area (Å²) in [4.78, 5) is 92.4. The molecule has 324 valence electrons. The van der Waals surface area contributed by atoms with Gasteiger partial charge in [-0.25, -0.2) is 28.8 Å². The smallest absolute Gasteiger partial charge is 0.411 e. The van der Waals surface area contributed by atoms with Crippen LogP contribution in [0.5, 0.6) is 5.75 Å². The van der Waals surface area contributed by atoms with Crippen molar-refractivity contribution in [3.8, 4) is 5.75 Å². The first kappa shape index (κ1) is 45.7. The number of azo groups is 1. The molecule has 0 radical (unpaired) electrons. The maximum Gasteiger partial charge on any atom is 0.411 e. The molecule has 0 atom stereocenters. The van der Waals surface area contributed by atoms with Gasteiger partial charge in [0.1, 0.15) is 32.1 Å². The lowest BCUT2D eigenvalue weighted by molar-refractivity contribution is -0.384. The molecule has 3 N–H and O–H groups in total. The number of carbonyl (C=O) groups excluding carboxylic acids is 6. The second-order valence-electron chi connectivity index (χ2n) is 12.5. The van der Waals surface area contributed by atoms with Gasteiger partial charge in [0.15, 0.2) is 5.75 Å². The number of aliphatic imine (C=N–C) groups is 3. The van der Waals surface area contributed by atoms with Gasteiger partial charge in [-0.1, -0.05) is 18.2 Å². The molecule has 5 aromatic carbocycles. The number of nitrogens with one attached hydrogen (secondary N) is 3. The van der Waals surface area contributed by atoms with Gasteiger partial charge in [-0.05, 0) is 84.9 Å². The maximum atomic E-state index is 12.6. The molecule has 0 aliphatic rings. The average molecular weight is 871 g/mol. The summed E-state index contributed by atoms with van der Waals surface area (Å²) in [7, 11) is 0. The van der Waals surface area contributed by atoms with E-state index in [1.54, 1.807) is 77.7 Å². The number of ether oxygens (including phenoxy) is 4. The lowest BCUT2D eigenvalue weighted by Crippen LogP contribution is -2.33. The first-order chi connectivity index (χ1) is 31.1. The van der Waals surface area contributed by atoms with Crippen molar-refractivity contribution in [2.45, 2.75) is 0 Å². The van der Waals surface area contributed by atoms with Crippen LogP contribution < -0.4 is 25.6 Å². The highest BCUT2D eigenvalue weighted by molar-refractivity contribution is 5.86. The number of nitro groups is 1. The van der Waals surface area contributed by atoms with Crippen molar-refractivity contribution < 1.29 is 52.6 Å². The van der Waals surface area contributed by atoms with Crippen LogP contribution in [0.15, 0.2) is 140 Å². The number of anilines is 4. The zero-order valence-corrected chi connectivity index (χ0v) is 33.2. The lowest BCUT2D eigenvalue weighted by atomic mass is 10.2. The molecule has 0 saturated carbocycles. The predicted molar refractivity (Wildman–Crippen MR) is 229 cm³/mol. The van der Waals surface area contributed by atoms with Crippen molar-refractivity contribution in [1.29, 1.82) is 0 Å². The van der Waals surface area contributed by atoms with Crippen LogP contribution in [0.25, 0.3) is 0 Å².